The monoisotopic (exact) mass is 361 g/mol. The lowest BCUT2D eigenvalue weighted by Gasteiger charge is -2.41. The second-order valence-electron chi connectivity index (χ2n) is 9.82. The van der Waals surface area contributed by atoms with Gasteiger partial charge in [-0.15, -0.1) is 0 Å². The fourth-order valence-corrected chi connectivity index (χ4v) is 4.06. The molecule has 0 fully saturated rings. The van der Waals surface area contributed by atoms with E-state index in [1.165, 1.54) is 34.8 Å². The fraction of sp³-hybridized carbons (Fsp3) is 0.520. The van der Waals surface area contributed by atoms with Gasteiger partial charge in [0.05, 0.1) is 5.66 Å². The maximum atomic E-state index is 6.23. The van der Waals surface area contributed by atoms with Crippen LogP contribution in [0.5, 0.6) is 0 Å². The number of rotatable bonds is 5. The quantitative estimate of drug-likeness (QED) is 0.431. The zero-order valence-electron chi connectivity index (χ0n) is 18.1. The zero-order chi connectivity index (χ0) is 19.8. The molecule has 0 N–H and O–H groups in total. The van der Waals surface area contributed by atoms with E-state index in [4.69, 9.17) is 4.42 Å². The molecule has 3 rings (SSSR count). The van der Waals surface area contributed by atoms with Gasteiger partial charge in [-0.25, -0.2) is 0 Å². The summed E-state index contributed by atoms with van der Waals surface area (Å²) >= 11 is 0. The molecule has 0 saturated heterocycles. The van der Waals surface area contributed by atoms with Gasteiger partial charge >= 0.3 is 0 Å². The first-order valence-electron chi connectivity index (χ1n) is 10.4. The Bertz CT molecular complexity index is 824. The summed E-state index contributed by atoms with van der Waals surface area (Å²) in [4.78, 5) is 0. The highest BCUT2D eigenvalue weighted by atomic mass is 16.3. The zero-order valence-corrected chi connectivity index (χ0v) is 18.1. The Kier molecular flexibility index (Phi) is 5.48. The molecular formula is C25H34BO. The summed E-state index contributed by atoms with van der Waals surface area (Å²) in [6.07, 6.45) is 10.1. The molecule has 1 aromatic carbocycles. The summed E-state index contributed by atoms with van der Waals surface area (Å²) in [5, 5.41) is 1.22. The van der Waals surface area contributed by atoms with Crippen LogP contribution in [0.1, 0.15) is 78.9 Å². The first kappa shape index (κ1) is 20.0. The number of hydrogen-bond donors (Lipinski definition) is 0. The number of furan rings is 1. The van der Waals surface area contributed by atoms with Gasteiger partial charge in [-0.1, -0.05) is 65.2 Å². The van der Waals surface area contributed by atoms with Gasteiger partial charge in [-0.05, 0) is 72.3 Å². The highest BCUT2D eigenvalue weighted by Gasteiger charge is 2.37. The van der Waals surface area contributed by atoms with Gasteiger partial charge in [0.15, 0.2) is 0 Å². The number of benzene rings is 1. The first-order valence-corrected chi connectivity index (χ1v) is 10.4. The number of allylic oxidation sites excluding steroid dienone is 4. The average Bonchev–Trinajstić information content (AvgIpc) is 2.98. The Balaban J connectivity index is 1.93. The topological polar surface area (TPSA) is 13.1 Å². The molecule has 27 heavy (non-hydrogen) atoms. The van der Waals surface area contributed by atoms with E-state index in [9.17, 15) is 0 Å². The van der Waals surface area contributed by atoms with Gasteiger partial charge < -0.3 is 4.42 Å². The molecule has 143 valence electrons. The summed E-state index contributed by atoms with van der Waals surface area (Å²) < 4.78 is 6.23. The van der Waals surface area contributed by atoms with Crippen LogP contribution in [0.15, 0.2) is 46.3 Å². The average molecular weight is 361 g/mol. The highest BCUT2D eigenvalue weighted by molar-refractivity contribution is 6.60. The summed E-state index contributed by atoms with van der Waals surface area (Å²) in [5.74, 6) is 0.684. The van der Waals surface area contributed by atoms with Gasteiger partial charge in [-0.2, -0.15) is 0 Å². The summed E-state index contributed by atoms with van der Waals surface area (Å²) in [5.41, 5.74) is 6.52. The van der Waals surface area contributed by atoms with Crippen molar-refractivity contribution in [3.8, 4) is 0 Å². The Labute approximate surface area is 166 Å². The van der Waals surface area contributed by atoms with E-state index in [2.05, 4.69) is 92.2 Å². The molecule has 0 bridgehead atoms. The van der Waals surface area contributed by atoms with E-state index < -0.39 is 0 Å². The lowest BCUT2D eigenvalue weighted by atomic mass is 9.63. The molecule has 0 spiro atoms. The molecule has 0 atom stereocenters. The largest absolute Gasteiger partial charge is 0.472 e. The first-order chi connectivity index (χ1) is 12.6. The molecule has 0 saturated carbocycles. The minimum atomic E-state index is 0.212. The molecule has 0 unspecified atom stereocenters. The van der Waals surface area contributed by atoms with Crippen LogP contribution < -0.4 is 5.66 Å². The van der Waals surface area contributed by atoms with Crippen LogP contribution in [0.4, 0.5) is 0 Å². The van der Waals surface area contributed by atoms with Gasteiger partial charge in [0.25, 0.3) is 0 Å². The van der Waals surface area contributed by atoms with Crippen LogP contribution in [0.2, 0.25) is 0 Å². The van der Waals surface area contributed by atoms with Crippen LogP contribution in [-0.2, 0) is 10.8 Å². The predicted octanol–water partition coefficient (Wildman–Crippen LogP) is 6.62. The summed E-state index contributed by atoms with van der Waals surface area (Å²) in [7, 11) is 2.14. The minimum absolute atomic E-state index is 0.212. The van der Waals surface area contributed by atoms with Gasteiger partial charge in [0, 0.05) is 5.39 Å². The van der Waals surface area contributed by atoms with Crippen molar-refractivity contribution in [3.63, 3.8) is 0 Å². The molecular weight excluding hydrogens is 327 g/mol. The molecule has 1 heterocycles. The molecule has 0 amide bonds. The lowest BCUT2D eigenvalue weighted by Crippen LogP contribution is -2.33. The molecule has 1 aromatic heterocycles. The van der Waals surface area contributed by atoms with E-state index in [1.54, 1.807) is 0 Å². The Morgan fingerprint density at radius 1 is 1.07 bits per heavy atom. The van der Waals surface area contributed by atoms with Gasteiger partial charge in [-0.3, -0.25) is 0 Å². The van der Waals surface area contributed by atoms with E-state index in [-0.39, 0.29) is 10.8 Å². The molecule has 0 aliphatic heterocycles. The molecule has 1 aliphatic rings. The maximum absolute atomic E-state index is 6.23. The smallest absolute Gasteiger partial charge is 0.240 e. The van der Waals surface area contributed by atoms with Crippen LogP contribution >= 0.6 is 0 Å². The van der Waals surface area contributed by atoms with Crippen molar-refractivity contribution in [2.45, 2.75) is 78.6 Å². The van der Waals surface area contributed by atoms with Gasteiger partial charge in [0.1, 0.15) is 5.58 Å². The predicted molar refractivity (Wildman–Crippen MR) is 119 cm³/mol. The van der Waals surface area contributed by atoms with Crippen LogP contribution in [-0.4, -0.2) is 7.28 Å². The van der Waals surface area contributed by atoms with Crippen molar-refractivity contribution in [1.82, 2.24) is 0 Å². The van der Waals surface area contributed by atoms with Crippen molar-refractivity contribution in [1.29, 1.82) is 0 Å². The van der Waals surface area contributed by atoms with E-state index in [0.29, 0.717) is 5.92 Å². The second kappa shape index (κ2) is 7.38. The summed E-state index contributed by atoms with van der Waals surface area (Å²) in [6, 6.07) is 6.86. The van der Waals surface area contributed by atoms with Crippen molar-refractivity contribution >= 4 is 23.9 Å². The molecule has 1 nitrogen and oxygen atoms in total. The summed E-state index contributed by atoms with van der Waals surface area (Å²) in [6.45, 7) is 16.0. The third kappa shape index (κ3) is 4.26. The van der Waals surface area contributed by atoms with E-state index in [0.717, 1.165) is 17.7 Å². The van der Waals surface area contributed by atoms with Crippen molar-refractivity contribution in [3.05, 3.63) is 53.0 Å². The van der Waals surface area contributed by atoms with Crippen molar-refractivity contribution < 1.29 is 4.42 Å². The van der Waals surface area contributed by atoms with Crippen molar-refractivity contribution in [2.75, 3.05) is 0 Å². The van der Waals surface area contributed by atoms with Crippen LogP contribution in [0.3, 0.4) is 0 Å². The Hall–Kier alpha value is -1.70. The lowest BCUT2D eigenvalue weighted by molar-refractivity contribution is 0.332. The fourth-order valence-electron chi connectivity index (χ4n) is 4.06. The minimum Gasteiger partial charge on any atom is -0.472 e. The molecule has 2 aromatic rings. The highest BCUT2D eigenvalue weighted by Crippen LogP contribution is 2.46. The molecule has 1 radical (unpaired) electrons. The SMILES string of the molecule is C/C=C([B]c1cc2cc3c(cc2o1)C(C)(C)CCC3(C)C)\C=C/CC(C)C. The molecule has 2 heteroatoms. The second-order valence-corrected chi connectivity index (χ2v) is 9.82. The van der Waals surface area contributed by atoms with E-state index >= 15 is 0 Å². The van der Waals surface area contributed by atoms with E-state index in [1.807, 2.05) is 0 Å². The Morgan fingerprint density at radius 3 is 2.30 bits per heavy atom. The van der Waals surface area contributed by atoms with Crippen LogP contribution in [0.25, 0.3) is 11.0 Å². The molecule has 1 aliphatic carbocycles. The van der Waals surface area contributed by atoms with Gasteiger partial charge in [0.2, 0.25) is 7.28 Å². The third-order valence-corrected chi connectivity index (χ3v) is 6.07. The normalized spacial score (nSPS) is 19.0. The Morgan fingerprint density at radius 2 is 1.70 bits per heavy atom. The number of fused-ring (bicyclic) bond motifs is 2. The number of hydrogen-bond acceptors (Lipinski definition) is 1. The maximum Gasteiger partial charge on any atom is 0.240 e. The van der Waals surface area contributed by atoms with Crippen molar-refractivity contribution in [2.24, 2.45) is 5.92 Å². The van der Waals surface area contributed by atoms with Crippen LogP contribution in [0, 0.1) is 5.92 Å². The standard InChI is InChI=1S/C25H34BO/c1-8-19(11-9-10-17(2)3)26-23-15-18-14-20-21(16-22(18)27-23)25(6,7)13-12-24(20,4)5/h8-9,11,14-17H,10,12-13H2,1-7H3/b11-9-,19-8+. The third-order valence-electron chi connectivity index (χ3n) is 6.07.